The number of aliphatic hydroxyl groups excluding tert-OH is 1. The highest BCUT2D eigenvalue weighted by atomic mass is 16.5. The van der Waals surface area contributed by atoms with E-state index in [0.29, 0.717) is 6.42 Å². The van der Waals surface area contributed by atoms with Crippen molar-refractivity contribution in [2.75, 3.05) is 13.2 Å². The predicted molar refractivity (Wildman–Crippen MR) is 68.8 cm³/mol. The van der Waals surface area contributed by atoms with Gasteiger partial charge in [0.25, 0.3) is 0 Å². The number of aliphatic hydroxyl groups is 1. The van der Waals surface area contributed by atoms with E-state index in [2.05, 4.69) is 6.07 Å². The Morgan fingerprint density at radius 1 is 1.28 bits per heavy atom. The van der Waals surface area contributed by atoms with Crippen LogP contribution in [-0.2, 0) is 11.2 Å². The van der Waals surface area contributed by atoms with E-state index >= 15 is 0 Å². The van der Waals surface area contributed by atoms with E-state index in [-0.39, 0.29) is 6.10 Å². The van der Waals surface area contributed by atoms with Crippen molar-refractivity contribution in [2.45, 2.75) is 44.3 Å². The molecule has 0 spiro atoms. The van der Waals surface area contributed by atoms with Crippen LogP contribution in [0.25, 0.3) is 0 Å². The van der Waals surface area contributed by atoms with Gasteiger partial charge < -0.3 is 14.6 Å². The fraction of sp³-hybridized carbons (Fsp3) is 0.600. The lowest BCUT2D eigenvalue weighted by Crippen LogP contribution is -2.13. The standard InChI is InChI=1S/C15H20O3/c16-14(10-13-4-2-7-17-13)11-5-6-15-12(9-11)3-1-8-18-15/h5-6,9,13-14,16H,1-4,7-8,10H2. The maximum absolute atomic E-state index is 10.3. The highest BCUT2D eigenvalue weighted by Gasteiger charge is 2.21. The van der Waals surface area contributed by atoms with E-state index in [0.717, 1.165) is 50.2 Å². The molecule has 1 aromatic rings. The summed E-state index contributed by atoms with van der Waals surface area (Å²) in [5, 5.41) is 10.3. The van der Waals surface area contributed by atoms with Crippen molar-refractivity contribution in [3.8, 4) is 5.75 Å². The van der Waals surface area contributed by atoms with Crippen LogP contribution < -0.4 is 4.74 Å². The maximum atomic E-state index is 10.3. The van der Waals surface area contributed by atoms with Crippen LogP contribution in [0, 0.1) is 0 Å². The normalized spacial score (nSPS) is 24.4. The zero-order valence-corrected chi connectivity index (χ0v) is 10.6. The highest BCUT2D eigenvalue weighted by Crippen LogP contribution is 2.30. The Morgan fingerprint density at radius 3 is 3.06 bits per heavy atom. The second-order valence-electron chi connectivity index (χ2n) is 5.21. The van der Waals surface area contributed by atoms with Gasteiger partial charge in [-0.3, -0.25) is 0 Å². The number of hydrogen-bond acceptors (Lipinski definition) is 3. The van der Waals surface area contributed by atoms with Crippen molar-refractivity contribution in [1.29, 1.82) is 0 Å². The number of aryl methyl sites for hydroxylation is 1. The Bertz CT molecular complexity index is 410. The molecule has 2 atom stereocenters. The number of rotatable bonds is 3. The lowest BCUT2D eigenvalue weighted by molar-refractivity contribution is 0.0534. The van der Waals surface area contributed by atoms with Gasteiger partial charge in [-0.1, -0.05) is 6.07 Å². The van der Waals surface area contributed by atoms with Gasteiger partial charge >= 0.3 is 0 Å². The molecule has 18 heavy (non-hydrogen) atoms. The van der Waals surface area contributed by atoms with Crippen molar-refractivity contribution in [3.05, 3.63) is 29.3 Å². The number of benzene rings is 1. The molecule has 1 fully saturated rings. The van der Waals surface area contributed by atoms with E-state index in [1.54, 1.807) is 0 Å². The van der Waals surface area contributed by atoms with Gasteiger partial charge in [0.1, 0.15) is 5.75 Å². The quantitative estimate of drug-likeness (QED) is 0.893. The summed E-state index contributed by atoms with van der Waals surface area (Å²) < 4.78 is 11.2. The van der Waals surface area contributed by atoms with Gasteiger partial charge in [-0.05, 0) is 48.9 Å². The van der Waals surface area contributed by atoms with Crippen molar-refractivity contribution in [3.63, 3.8) is 0 Å². The third-order valence-electron chi connectivity index (χ3n) is 3.83. The minimum Gasteiger partial charge on any atom is -0.493 e. The van der Waals surface area contributed by atoms with E-state index in [4.69, 9.17) is 9.47 Å². The molecular formula is C15H20O3. The molecule has 0 aliphatic carbocycles. The maximum Gasteiger partial charge on any atom is 0.122 e. The molecule has 3 rings (SSSR count). The summed E-state index contributed by atoms with van der Waals surface area (Å²) in [5.41, 5.74) is 2.22. The smallest absolute Gasteiger partial charge is 0.122 e. The van der Waals surface area contributed by atoms with E-state index in [1.165, 1.54) is 5.56 Å². The molecule has 2 unspecified atom stereocenters. The molecule has 3 nitrogen and oxygen atoms in total. The Kier molecular flexibility index (Phi) is 3.52. The molecule has 3 heteroatoms. The Hall–Kier alpha value is -1.06. The molecule has 0 bridgehead atoms. The Morgan fingerprint density at radius 2 is 2.22 bits per heavy atom. The second kappa shape index (κ2) is 5.29. The molecule has 1 N–H and O–H groups in total. The van der Waals surface area contributed by atoms with Gasteiger partial charge in [0, 0.05) is 13.0 Å². The first-order valence-corrected chi connectivity index (χ1v) is 6.88. The van der Waals surface area contributed by atoms with Crippen molar-refractivity contribution in [1.82, 2.24) is 0 Å². The summed E-state index contributed by atoms with van der Waals surface area (Å²) in [5.74, 6) is 0.981. The molecule has 98 valence electrons. The molecule has 0 radical (unpaired) electrons. The van der Waals surface area contributed by atoms with Crippen molar-refractivity contribution in [2.24, 2.45) is 0 Å². The van der Waals surface area contributed by atoms with Gasteiger partial charge in [0.05, 0.1) is 18.8 Å². The van der Waals surface area contributed by atoms with Gasteiger partial charge in [0.15, 0.2) is 0 Å². The van der Waals surface area contributed by atoms with Crippen LogP contribution in [0.5, 0.6) is 5.75 Å². The van der Waals surface area contributed by atoms with E-state index in [9.17, 15) is 5.11 Å². The van der Waals surface area contributed by atoms with Gasteiger partial charge in [-0.15, -0.1) is 0 Å². The molecule has 2 aliphatic rings. The molecule has 1 aromatic carbocycles. The molecule has 2 heterocycles. The summed E-state index contributed by atoms with van der Waals surface area (Å²) in [6.07, 6.45) is 4.83. The zero-order chi connectivity index (χ0) is 12.4. The lowest BCUT2D eigenvalue weighted by Gasteiger charge is -2.20. The summed E-state index contributed by atoms with van der Waals surface area (Å²) >= 11 is 0. The van der Waals surface area contributed by atoms with Gasteiger partial charge in [-0.2, -0.15) is 0 Å². The number of fused-ring (bicyclic) bond motifs is 1. The predicted octanol–water partition coefficient (Wildman–Crippen LogP) is 2.61. The van der Waals surface area contributed by atoms with Crippen molar-refractivity contribution < 1.29 is 14.6 Å². The summed E-state index contributed by atoms with van der Waals surface area (Å²) in [6, 6.07) is 6.06. The Labute approximate surface area is 108 Å². The first-order valence-electron chi connectivity index (χ1n) is 6.88. The van der Waals surface area contributed by atoms with Crippen LogP contribution >= 0.6 is 0 Å². The average Bonchev–Trinajstić information content (AvgIpc) is 2.91. The van der Waals surface area contributed by atoms with Crippen LogP contribution in [0.1, 0.15) is 42.9 Å². The molecule has 2 aliphatic heterocycles. The number of ether oxygens (including phenoxy) is 2. The van der Waals surface area contributed by atoms with E-state index < -0.39 is 6.10 Å². The third kappa shape index (κ3) is 2.52. The minimum atomic E-state index is -0.416. The van der Waals surface area contributed by atoms with E-state index in [1.807, 2.05) is 12.1 Å². The summed E-state index contributed by atoms with van der Waals surface area (Å²) in [4.78, 5) is 0. The van der Waals surface area contributed by atoms with Crippen LogP contribution in [0.2, 0.25) is 0 Å². The van der Waals surface area contributed by atoms with Crippen LogP contribution in [0.4, 0.5) is 0 Å². The molecular weight excluding hydrogens is 228 g/mol. The summed E-state index contributed by atoms with van der Waals surface area (Å²) in [6.45, 7) is 1.65. The highest BCUT2D eigenvalue weighted by molar-refractivity contribution is 5.39. The molecule has 0 aromatic heterocycles. The first-order chi connectivity index (χ1) is 8.83. The molecule has 0 saturated carbocycles. The third-order valence-corrected chi connectivity index (χ3v) is 3.83. The zero-order valence-electron chi connectivity index (χ0n) is 10.6. The monoisotopic (exact) mass is 248 g/mol. The SMILES string of the molecule is OC(CC1CCCO1)c1ccc2c(c1)CCCO2. The van der Waals surface area contributed by atoms with Gasteiger partial charge in [-0.25, -0.2) is 0 Å². The topological polar surface area (TPSA) is 38.7 Å². The largest absolute Gasteiger partial charge is 0.493 e. The lowest BCUT2D eigenvalue weighted by atomic mass is 9.97. The van der Waals surface area contributed by atoms with Gasteiger partial charge in [0.2, 0.25) is 0 Å². The minimum absolute atomic E-state index is 0.229. The van der Waals surface area contributed by atoms with Crippen molar-refractivity contribution >= 4 is 0 Å². The van der Waals surface area contributed by atoms with Crippen LogP contribution in [-0.4, -0.2) is 24.4 Å². The first kappa shape index (κ1) is 12.0. The average molecular weight is 248 g/mol. The molecule has 1 saturated heterocycles. The number of hydrogen-bond donors (Lipinski definition) is 1. The molecule has 0 amide bonds. The fourth-order valence-corrected chi connectivity index (χ4v) is 2.80. The fourth-order valence-electron chi connectivity index (χ4n) is 2.80. The summed E-state index contributed by atoms with van der Waals surface area (Å²) in [7, 11) is 0. The van der Waals surface area contributed by atoms with Crippen LogP contribution in [0.15, 0.2) is 18.2 Å². The van der Waals surface area contributed by atoms with Crippen LogP contribution in [0.3, 0.4) is 0 Å². The Balaban J connectivity index is 1.70. The second-order valence-corrected chi connectivity index (χ2v) is 5.21.